The van der Waals surface area contributed by atoms with Gasteiger partial charge in [0.05, 0.1) is 16.9 Å². The molecule has 9 nitrogen and oxygen atoms in total. The Labute approximate surface area is 119 Å². The SMILES string of the molecule is NC(N)=NC(N)=Nc1cc(-n2cccn2)ccc1C(=O)O. The topological polar surface area (TPSA) is 158 Å². The third-order valence-electron chi connectivity index (χ3n) is 2.46. The van der Waals surface area contributed by atoms with Gasteiger partial charge in [0, 0.05) is 12.4 Å². The standard InChI is InChI=1S/C12H13N7O2/c13-11(14)18-12(15)17-9-6-7(19-5-1-4-16-19)2-3-8(9)10(20)21/h1-6H,(H,20,21)(H6,13,14,15,17,18). The Morgan fingerprint density at radius 3 is 2.62 bits per heavy atom. The number of aromatic carboxylic acids is 1. The van der Waals surface area contributed by atoms with E-state index in [1.807, 2.05) is 0 Å². The predicted octanol–water partition coefficient (Wildman–Crippen LogP) is -0.210. The highest BCUT2D eigenvalue weighted by Gasteiger charge is 2.11. The van der Waals surface area contributed by atoms with E-state index >= 15 is 0 Å². The number of aliphatic imine (C=N–C) groups is 2. The van der Waals surface area contributed by atoms with Crippen molar-refractivity contribution in [3.63, 3.8) is 0 Å². The zero-order valence-corrected chi connectivity index (χ0v) is 10.8. The minimum Gasteiger partial charge on any atom is -0.478 e. The van der Waals surface area contributed by atoms with E-state index in [4.69, 9.17) is 22.3 Å². The molecule has 1 aromatic carbocycles. The van der Waals surface area contributed by atoms with E-state index in [9.17, 15) is 4.79 Å². The molecule has 0 saturated heterocycles. The molecule has 0 unspecified atom stereocenters. The van der Waals surface area contributed by atoms with E-state index in [1.54, 1.807) is 29.2 Å². The average Bonchev–Trinajstić information content (AvgIpc) is 2.90. The van der Waals surface area contributed by atoms with Crippen molar-refractivity contribution < 1.29 is 9.90 Å². The lowest BCUT2D eigenvalue weighted by Crippen LogP contribution is -2.26. The van der Waals surface area contributed by atoms with Crippen molar-refractivity contribution >= 4 is 23.6 Å². The Hall–Kier alpha value is -3.36. The first kappa shape index (κ1) is 14.1. The van der Waals surface area contributed by atoms with Gasteiger partial charge in [-0.25, -0.2) is 14.5 Å². The van der Waals surface area contributed by atoms with Crippen LogP contribution in [0, 0.1) is 0 Å². The van der Waals surface area contributed by atoms with Crippen molar-refractivity contribution in [2.45, 2.75) is 0 Å². The maximum atomic E-state index is 11.2. The quantitative estimate of drug-likeness (QED) is 0.451. The fourth-order valence-electron chi connectivity index (χ4n) is 1.64. The van der Waals surface area contributed by atoms with Gasteiger partial charge in [-0.3, -0.25) is 0 Å². The van der Waals surface area contributed by atoms with Crippen LogP contribution in [0.5, 0.6) is 0 Å². The second-order valence-corrected chi connectivity index (χ2v) is 3.96. The van der Waals surface area contributed by atoms with Crippen LogP contribution < -0.4 is 17.2 Å². The fraction of sp³-hybridized carbons (Fsp3) is 0. The highest BCUT2D eigenvalue weighted by Crippen LogP contribution is 2.23. The maximum absolute atomic E-state index is 11.2. The summed E-state index contributed by atoms with van der Waals surface area (Å²) in [5, 5.41) is 13.2. The Morgan fingerprint density at radius 1 is 1.29 bits per heavy atom. The van der Waals surface area contributed by atoms with Crippen LogP contribution in [-0.2, 0) is 0 Å². The number of guanidine groups is 2. The third kappa shape index (κ3) is 3.35. The Morgan fingerprint density at radius 2 is 2.05 bits per heavy atom. The number of hydrogen-bond acceptors (Lipinski definition) is 3. The number of aromatic nitrogens is 2. The van der Waals surface area contributed by atoms with Crippen LogP contribution >= 0.6 is 0 Å². The molecule has 0 atom stereocenters. The molecule has 0 bridgehead atoms. The summed E-state index contributed by atoms with van der Waals surface area (Å²) >= 11 is 0. The van der Waals surface area contributed by atoms with Crippen molar-refractivity contribution in [1.82, 2.24) is 9.78 Å². The molecule has 1 aromatic heterocycles. The lowest BCUT2D eigenvalue weighted by atomic mass is 10.1. The van der Waals surface area contributed by atoms with Crippen molar-refractivity contribution in [3.05, 3.63) is 42.2 Å². The van der Waals surface area contributed by atoms with E-state index in [1.165, 1.54) is 12.1 Å². The number of hydrogen-bond donors (Lipinski definition) is 4. The first-order valence-electron chi connectivity index (χ1n) is 5.78. The second-order valence-electron chi connectivity index (χ2n) is 3.96. The molecular formula is C12H13N7O2. The number of nitrogens with two attached hydrogens (primary N) is 3. The zero-order chi connectivity index (χ0) is 15.4. The zero-order valence-electron chi connectivity index (χ0n) is 10.8. The number of carboxylic acids is 1. The largest absolute Gasteiger partial charge is 0.478 e. The van der Waals surface area contributed by atoms with Gasteiger partial charge >= 0.3 is 5.97 Å². The molecule has 108 valence electrons. The fourth-order valence-corrected chi connectivity index (χ4v) is 1.64. The molecule has 0 aliphatic carbocycles. The summed E-state index contributed by atoms with van der Waals surface area (Å²) in [6.07, 6.45) is 3.31. The van der Waals surface area contributed by atoms with Crippen molar-refractivity contribution in [2.24, 2.45) is 27.2 Å². The van der Waals surface area contributed by atoms with Crippen LogP contribution in [0.2, 0.25) is 0 Å². The summed E-state index contributed by atoms with van der Waals surface area (Å²) in [5.74, 6) is -1.65. The molecule has 7 N–H and O–H groups in total. The molecule has 0 spiro atoms. The van der Waals surface area contributed by atoms with Gasteiger partial charge in [0.1, 0.15) is 0 Å². The van der Waals surface area contributed by atoms with Crippen LogP contribution in [-0.4, -0.2) is 32.8 Å². The minimum atomic E-state index is -1.14. The Kier molecular flexibility index (Phi) is 3.84. The molecular weight excluding hydrogens is 274 g/mol. The molecule has 2 rings (SSSR count). The van der Waals surface area contributed by atoms with E-state index in [0.717, 1.165) is 0 Å². The summed E-state index contributed by atoms with van der Waals surface area (Å²) in [6, 6.07) is 6.26. The molecule has 0 amide bonds. The second kappa shape index (κ2) is 5.74. The minimum absolute atomic E-state index is 0.0281. The summed E-state index contributed by atoms with van der Waals surface area (Å²) in [7, 11) is 0. The van der Waals surface area contributed by atoms with E-state index in [-0.39, 0.29) is 23.2 Å². The van der Waals surface area contributed by atoms with Crippen molar-refractivity contribution in [2.75, 3.05) is 0 Å². The number of carboxylic acid groups (broad SMARTS) is 1. The lowest BCUT2D eigenvalue weighted by Gasteiger charge is -2.06. The van der Waals surface area contributed by atoms with Crippen LogP contribution in [0.3, 0.4) is 0 Å². The molecule has 21 heavy (non-hydrogen) atoms. The molecule has 0 fully saturated rings. The first-order chi connectivity index (χ1) is 9.97. The van der Waals surface area contributed by atoms with Gasteiger partial charge in [-0.05, 0) is 24.3 Å². The summed E-state index contributed by atoms with van der Waals surface area (Å²) in [6.45, 7) is 0. The molecule has 0 radical (unpaired) electrons. The number of rotatable bonds is 3. The van der Waals surface area contributed by atoms with Crippen LogP contribution in [0.1, 0.15) is 10.4 Å². The van der Waals surface area contributed by atoms with Gasteiger partial charge in [-0.1, -0.05) is 0 Å². The Bertz CT molecular complexity index is 715. The Balaban J connectivity index is 2.53. The lowest BCUT2D eigenvalue weighted by molar-refractivity contribution is 0.0698. The summed E-state index contributed by atoms with van der Waals surface area (Å²) in [4.78, 5) is 18.7. The van der Waals surface area contributed by atoms with Gasteiger partial charge in [0.25, 0.3) is 0 Å². The van der Waals surface area contributed by atoms with E-state index < -0.39 is 5.97 Å². The molecule has 1 heterocycles. The highest BCUT2D eigenvalue weighted by atomic mass is 16.4. The van der Waals surface area contributed by atoms with Crippen LogP contribution in [0.15, 0.2) is 46.6 Å². The molecule has 2 aromatic rings. The monoisotopic (exact) mass is 287 g/mol. The number of carbonyl (C=O) groups is 1. The predicted molar refractivity (Wildman–Crippen MR) is 77.6 cm³/mol. The summed E-state index contributed by atoms with van der Waals surface area (Å²) in [5.41, 5.74) is 16.6. The van der Waals surface area contributed by atoms with Gasteiger partial charge in [0.15, 0.2) is 5.96 Å². The van der Waals surface area contributed by atoms with Crippen LogP contribution in [0.25, 0.3) is 5.69 Å². The molecule has 9 heteroatoms. The molecule has 0 aliphatic heterocycles. The van der Waals surface area contributed by atoms with Gasteiger partial charge in [-0.15, -0.1) is 0 Å². The summed E-state index contributed by atoms with van der Waals surface area (Å²) < 4.78 is 1.56. The number of benzene rings is 1. The normalized spacial score (nSPS) is 11.1. The number of nitrogens with zero attached hydrogens (tertiary/aromatic N) is 4. The van der Waals surface area contributed by atoms with Crippen molar-refractivity contribution in [3.8, 4) is 5.69 Å². The first-order valence-corrected chi connectivity index (χ1v) is 5.78. The van der Waals surface area contributed by atoms with Crippen molar-refractivity contribution in [1.29, 1.82) is 0 Å². The van der Waals surface area contributed by atoms with E-state index in [0.29, 0.717) is 5.69 Å². The maximum Gasteiger partial charge on any atom is 0.337 e. The van der Waals surface area contributed by atoms with Gasteiger partial charge in [-0.2, -0.15) is 10.1 Å². The van der Waals surface area contributed by atoms with Gasteiger partial charge in [0.2, 0.25) is 5.96 Å². The molecule has 0 saturated carbocycles. The molecule has 0 aliphatic rings. The van der Waals surface area contributed by atoms with Gasteiger partial charge < -0.3 is 22.3 Å². The highest BCUT2D eigenvalue weighted by molar-refractivity contribution is 5.98. The third-order valence-corrected chi connectivity index (χ3v) is 2.46. The van der Waals surface area contributed by atoms with Crippen LogP contribution in [0.4, 0.5) is 5.69 Å². The van der Waals surface area contributed by atoms with E-state index in [2.05, 4.69) is 15.1 Å². The smallest absolute Gasteiger partial charge is 0.337 e. The average molecular weight is 287 g/mol.